The van der Waals surface area contributed by atoms with E-state index in [-0.39, 0.29) is 49.2 Å². The minimum Gasteiger partial charge on any atom is -0.872 e. The molecule has 0 saturated heterocycles. The molecule has 21 heavy (non-hydrogen) atoms. The van der Waals surface area contributed by atoms with Crippen molar-refractivity contribution in [2.45, 2.75) is 0 Å². The molecule has 2 aromatic carbocycles. The average Bonchev–Trinajstić information content (AvgIpc) is 2.40. The van der Waals surface area contributed by atoms with Gasteiger partial charge in [-0.05, 0) is 24.3 Å². The van der Waals surface area contributed by atoms with Crippen molar-refractivity contribution in [1.29, 1.82) is 0 Å². The first-order valence-corrected chi connectivity index (χ1v) is 6.29. The second-order valence-electron chi connectivity index (χ2n) is 4.78. The Morgan fingerprint density at radius 3 is 1.00 bits per heavy atom. The van der Waals surface area contributed by atoms with Crippen molar-refractivity contribution in [2.24, 2.45) is 0 Å². The molecular formula is C16H20CaN2O2. The van der Waals surface area contributed by atoms with Crippen molar-refractivity contribution < 1.29 is 10.2 Å². The van der Waals surface area contributed by atoms with Crippen LogP contribution < -0.4 is 20.0 Å². The minimum atomic E-state index is 0. The summed E-state index contributed by atoms with van der Waals surface area (Å²) in [5.41, 5.74) is 2.11. The van der Waals surface area contributed by atoms with Gasteiger partial charge in [0.05, 0.1) is 0 Å². The first-order valence-electron chi connectivity index (χ1n) is 6.29. The predicted molar refractivity (Wildman–Crippen MR) is 86.2 cm³/mol. The molecule has 0 radical (unpaired) electrons. The molecule has 2 rings (SSSR count). The number of benzene rings is 2. The Kier molecular flexibility index (Phi) is 9.26. The topological polar surface area (TPSA) is 52.6 Å². The maximum absolute atomic E-state index is 10.6. The molecule has 0 aliphatic rings. The first kappa shape index (κ1) is 19.9. The number of rotatable bonds is 2. The molecule has 4 nitrogen and oxygen atoms in total. The van der Waals surface area contributed by atoms with Crippen molar-refractivity contribution in [3.05, 3.63) is 48.5 Å². The van der Waals surface area contributed by atoms with Gasteiger partial charge in [-0.2, -0.15) is 0 Å². The molecule has 0 N–H and O–H groups in total. The van der Waals surface area contributed by atoms with Crippen molar-refractivity contribution >= 4 is 49.1 Å². The van der Waals surface area contributed by atoms with E-state index in [0.717, 1.165) is 11.4 Å². The van der Waals surface area contributed by atoms with Crippen LogP contribution in [0.3, 0.4) is 0 Å². The predicted octanol–water partition coefficient (Wildman–Crippen LogP) is 1.27. The van der Waals surface area contributed by atoms with E-state index < -0.39 is 0 Å². The van der Waals surface area contributed by atoms with Crippen LogP contribution in [0.25, 0.3) is 0 Å². The van der Waals surface area contributed by atoms with Gasteiger partial charge in [0.15, 0.2) is 0 Å². The molecule has 0 saturated carbocycles. The van der Waals surface area contributed by atoms with E-state index >= 15 is 0 Å². The molecule has 0 aliphatic heterocycles. The Morgan fingerprint density at radius 1 is 0.571 bits per heavy atom. The van der Waals surface area contributed by atoms with E-state index in [9.17, 15) is 10.2 Å². The standard InChI is InChI=1S/2C8H11NO.Ca/c2*1-9(2)7-3-5-8(10)6-4-7;/h2*3-6,10H,1-2H3;/q;;+2/p-2. The molecule has 0 amide bonds. The van der Waals surface area contributed by atoms with Crippen LogP contribution in [0.2, 0.25) is 0 Å². The van der Waals surface area contributed by atoms with Crippen LogP contribution in [0.4, 0.5) is 11.4 Å². The number of hydrogen-bond acceptors (Lipinski definition) is 4. The first-order chi connectivity index (χ1) is 9.40. The molecular weight excluding hydrogens is 292 g/mol. The third-order valence-corrected chi connectivity index (χ3v) is 2.71. The van der Waals surface area contributed by atoms with Gasteiger partial charge in [0.2, 0.25) is 0 Å². The molecule has 0 spiro atoms. The SMILES string of the molecule is CN(C)c1ccc([O-])cc1.CN(C)c1ccc([O-])cc1.[Ca+2]. The van der Waals surface area contributed by atoms with Crippen LogP contribution in [0.1, 0.15) is 0 Å². The maximum atomic E-state index is 10.6. The largest absolute Gasteiger partial charge is 2.00 e. The van der Waals surface area contributed by atoms with Crippen LogP contribution in [0, 0.1) is 0 Å². The Hall–Kier alpha value is -1.10. The summed E-state index contributed by atoms with van der Waals surface area (Å²) in [6.07, 6.45) is 0. The molecule has 0 aromatic heterocycles. The summed E-state index contributed by atoms with van der Waals surface area (Å²) in [4.78, 5) is 3.92. The summed E-state index contributed by atoms with van der Waals surface area (Å²) >= 11 is 0. The molecule has 2 aromatic rings. The summed E-state index contributed by atoms with van der Waals surface area (Å²) < 4.78 is 0. The van der Waals surface area contributed by atoms with E-state index in [1.807, 2.05) is 62.3 Å². The average molecular weight is 312 g/mol. The molecule has 0 unspecified atom stereocenters. The van der Waals surface area contributed by atoms with Gasteiger partial charge in [0.1, 0.15) is 0 Å². The Morgan fingerprint density at radius 2 is 0.810 bits per heavy atom. The molecule has 0 heterocycles. The number of anilines is 2. The van der Waals surface area contributed by atoms with Gasteiger partial charge in [-0.15, -0.1) is 11.5 Å². The summed E-state index contributed by atoms with van der Waals surface area (Å²) in [6, 6.07) is 13.5. The van der Waals surface area contributed by atoms with E-state index in [1.54, 1.807) is 24.3 Å². The molecule has 0 fully saturated rings. The minimum absolute atomic E-state index is 0. The maximum Gasteiger partial charge on any atom is 2.00 e. The van der Waals surface area contributed by atoms with Gasteiger partial charge in [-0.3, -0.25) is 0 Å². The molecule has 5 heteroatoms. The van der Waals surface area contributed by atoms with Crippen LogP contribution in [0.15, 0.2) is 48.5 Å². The summed E-state index contributed by atoms with van der Waals surface area (Å²) in [5.74, 6) is 0.121. The quantitative estimate of drug-likeness (QED) is 0.784. The van der Waals surface area contributed by atoms with E-state index in [2.05, 4.69) is 0 Å². The second-order valence-corrected chi connectivity index (χ2v) is 4.78. The summed E-state index contributed by atoms with van der Waals surface area (Å²) in [6.45, 7) is 0. The van der Waals surface area contributed by atoms with Gasteiger partial charge in [0, 0.05) is 39.6 Å². The summed E-state index contributed by atoms with van der Waals surface area (Å²) in [5, 5.41) is 21.3. The Balaban J connectivity index is 0.000000364. The van der Waals surface area contributed by atoms with E-state index in [1.165, 1.54) is 0 Å². The Bertz CT molecular complexity index is 461. The normalized spacial score (nSPS) is 8.95. The molecule has 0 bridgehead atoms. The van der Waals surface area contributed by atoms with Gasteiger partial charge >= 0.3 is 37.7 Å². The van der Waals surface area contributed by atoms with Gasteiger partial charge < -0.3 is 20.0 Å². The van der Waals surface area contributed by atoms with Crippen LogP contribution in [0.5, 0.6) is 11.5 Å². The zero-order valence-corrected chi connectivity index (χ0v) is 15.2. The third kappa shape index (κ3) is 7.46. The van der Waals surface area contributed by atoms with Gasteiger partial charge in [0.25, 0.3) is 0 Å². The van der Waals surface area contributed by atoms with Crippen LogP contribution in [-0.4, -0.2) is 65.9 Å². The fraction of sp³-hybridized carbons (Fsp3) is 0.250. The smallest absolute Gasteiger partial charge is 0.872 e. The fourth-order valence-electron chi connectivity index (χ4n) is 1.49. The van der Waals surface area contributed by atoms with Gasteiger partial charge in [-0.1, -0.05) is 24.3 Å². The van der Waals surface area contributed by atoms with E-state index in [4.69, 9.17) is 0 Å². The third-order valence-electron chi connectivity index (χ3n) is 2.71. The zero-order valence-electron chi connectivity index (χ0n) is 13.0. The molecule has 0 aliphatic carbocycles. The van der Waals surface area contributed by atoms with Crippen molar-refractivity contribution in [3.63, 3.8) is 0 Å². The second kappa shape index (κ2) is 9.77. The van der Waals surface area contributed by atoms with Crippen molar-refractivity contribution in [1.82, 2.24) is 0 Å². The Labute approximate surface area is 156 Å². The van der Waals surface area contributed by atoms with Crippen molar-refractivity contribution in [2.75, 3.05) is 38.0 Å². The summed E-state index contributed by atoms with van der Waals surface area (Å²) in [7, 11) is 7.78. The van der Waals surface area contributed by atoms with Crippen molar-refractivity contribution in [3.8, 4) is 11.5 Å². The number of nitrogens with zero attached hydrogens (tertiary/aromatic N) is 2. The van der Waals surface area contributed by atoms with Crippen LogP contribution in [-0.2, 0) is 0 Å². The van der Waals surface area contributed by atoms with Gasteiger partial charge in [-0.25, -0.2) is 0 Å². The monoisotopic (exact) mass is 312 g/mol. The fourth-order valence-corrected chi connectivity index (χ4v) is 1.49. The number of hydrogen-bond donors (Lipinski definition) is 0. The zero-order chi connectivity index (χ0) is 15.1. The molecule has 108 valence electrons. The van der Waals surface area contributed by atoms with E-state index in [0.29, 0.717) is 0 Å². The van der Waals surface area contributed by atoms with Crippen LogP contribution >= 0.6 is 0 Å². The molecule has 0 atom stereocenters.